The number of piperidine rings is 1. The number of aromatic nitrogens is 4. The first-order valence-corrected chi connectivity index (χ1v) is 9.85. The summed E-state index contributed by atoms with van der Waals surface area (Å²) in [6.45, 7) is 3.73. The molecule has 3 heterocycles. The minimum Gasteiger partial charge on any atom is -0.264 e. The van der Waals surface area contributed by atoms with Gasteiger partial charge in [-0.1, -0.05) is 0 Å². The van der Waals surface area contributed by atoms with Gasteiger partial charge in [0, 0.05) is 58.2 Å². The molecule has 1 aliphatic rings. The summed E-state index contributed by atoms with van der Waals surface area (Å²) in [7, 11) is -0.295. The van der Waals surface area contributed by atoms with Crippen LogP contribution >= 0.6 is 0 Å². The molecule has 0 aliphatic carbocycles. The Labute approximate surface area is 148 Å². The minimum atomic E-state index is -3.42. The van der Waals surface area contributed by atoms with Crippen molar-refractivity contribution in [1.29, 1.82) is 0 Å². The largest absolute Gasteiger partial charge is 0.281 e. The van der Waals surface area contributed by atoms with E-state index in [0.717, 1.165) is 36.5 Å². The lowest BCUT2D eigenvalue weighted by molar-refractivity contribution is 0.296. The summed E-state index contributed by atoms with van der Waals surface area (Å²) >= 11 is 0. The Hall–Kier alpha value is -1.84. The van der Waals surface area contributed by atoms with Gasteiger partial charge in [-0.15, -0.1) is 0 Å². The van der Waals surface area contributed by atoms with Gasteiger partial charge in [0.25, 0.3) is 10.2 Å². The summed E-state index contributed by atoms with van der Waals surface area (Å²) in [5.74, 6) is 0.0207. The van der Waals surface area contributed by atoms with E-state index in [1.807, 2.05) is 17.7 Å². The zero-order valence-corrected chi connectivity index (χ0v) is 15.6. The fourth-order valence-corrected chi connectivity index (χ4v) is 4.43. The van der Waals surface area contributed by atoms with Crippen LogP contribution in [-0.4, -0.2) is 64.0 Å². The molecule has 1 unspecified atom stereocenters. The molecule has 0 aromatic carbocycles. The molecule has 2 aromatic heterocycles. The highest BCUT2D eigenvalue weighted by Crippen LogP contribution is 2.32. The number of nitrogens with zero attached hydrogens (tertiary/aromatic N) is 6. The fourth-order valence-electron chi connectivity index (χ4n) is 3.24. The third-order valence-corrected chi connectivity index (χ3v) is 6.45. The quantitative estimate of drug-likeness (QED) is 0.799. The third kappa shape index (κ3) is 3.44. The molecule has 1 fully saturated rings. The topological polar surface area (TPSA) is 84.2 Å². The number of hydrogen-bond donors (Lipinski definition) is 0. The Bertz CT molecular complexity index is 833. The second kappa shape index (κ2) is 7.19. The third-order valence-electron chi connectivity index (χ3n) is 4.54. The monoisotopic (exact) mass is 364 g/mol. The van der Waals surface area contributed by atoms with Gasteiger partial charge in [-0.25, -0.2) is 0 Å². The van der Waals surface area contributed by atoms with Gasteiger partial charge in [-0.3, -0.25) is 14.6 Å². The van der Waals surface area contributed by atoms with Crippen LogP contribution in [-0.2, 0) is 16.8 Å². The Morgan fingerprint density at radius 2 is 2.00 bits per heavy atom. The van der Waals surface area contributed by atoms with E-state index in [4.69, 9.17) is 0 Å². The first-order chi connectivity index (χ1) is 11.9. The van der Waals surface area contributed by atoms with Gasteiger partial charge in [0.2, 0.25) is 0 Å². The van der Waals surface area contributed by atoms with Gasteiger partial charge < -0.3 is 0 Å². The van der Waals surface area contributed by atoms with Crippen molar-refractivity contribution in [1.82, 2.24) is 28.4 Å². The van der Waals surface area contributed by atoms with Gasteiger partial charge >= 0.3 is 0 Å². The second-order valence-corrected chi connectivity index (χ2v) is 8.45. The minimum absolute atomic E-state index is 0.0207. The molecule has 136 valence electrons. The lowest BCUT2D eigenvalue weighted by Crippen LogP contribution is -2.45. The molecule has 1 atom stereocenters. The highest BCUT2D eigenvalue weighted by molar-refractivity contribution is 7.86. The summed E-state index contributed by atoms with van der Waals surface area (Å²) in [5, 5.41) is 4.31. The first-order valence-electron chi connectivity index (χ1n) is 8.45. The van der Waals surface area contributed by atoms with Crippen LogP contribution in [0, 0.1) is 0 Å². The summed E-state index contributed by atoms with van der Waals surface area (Å²) < 4.78 is 29.6. The van der Waals surface area contributed by atoms with Crippen LogP contribution in [0.1, 0.15) is 31.4 Å². The normalized spacial score (nSPS) is 19.4. The van der Waals surface area contributed by atoms with Crippen molar-refractivity contribution in [3.8, 4) is 11.4 Å². The molecule has 25 heavy (non-hydrogen) atoms. The second-order valence-electron chi connectivity index (χ2n) is 6.31. The predicted molar refractivity (Wildman–Crippen MR) is 95.1 cm³/mol. The van der Waals surface area contributed by atoms with Crippen LogP contribution in [0.25, 0.3) is 11.4 Å². The van der Waals surface area contributed by atoms with Gasteiger partial charge in [-0.2, -0.15) is 22.1 Å². The van der Waals surface area contributed by atoms with Crippen LogP contribution in [0.4, 0.5) is 0 Å². The summed E-state index contributed by atoms with van der Waals surface area (Å²) in [4.78, 5) is 9.08. The maximum atomic E-state index is 12.5. The van der Waals surface area contributed by atoms with Gasteiger partial charge in [0.1, 0.15) is 5.69 Å². The average molecular weight is 364 g/mol. The highest BCUT2D eigenvalue weighted by atomic mass is 32.2. The number of rotatable bonds is 5. The maximum absolute atomic E-state index is 12.5. The number of hydrogen-bond acceptors (Lipinski definition) is 5. The maximum Gasteiger partial charge on any atom is 0.281 e. The van der Waals surface area contributed by atoms with Crippen molar-refractivity contribution in [2.75, 3.05) is 27.2 Å². The number of aryl methyl sites for hydroxylation is 1. The average Bonchev–Trinajstić information content (AvgIpc) is 3.10. The molecule has 1 aliphatic heterocycles. The Kier molecular flexibility index (Phi) is 5.16. The fraction of sp³-hybridized carbons (Fsp3) is 0.562. The van der Waals surface area contributed by atoms with Crippen molar-refractivity contribution in [2.24, 2.45) is 0 Å². The van der Waals surface area contributed by atoms with Crippen molar-refractivity contribution in [3.63, 3.8) is 0 Å². The Morgan fingerprint density at radius 3 is 2.72 bits per heavy atom. The molecule has 0 bridgehead atoms. The molecular weight excluding hydrogens is 340 g/mol. The lowest BCUT2D eigenvalue weighted by Gasteiger charge is -2.33. The summed E-state index contributed by atoms with van der Waals surface area (Å²) in [6.07, 6.45) is 6.79. The summed E-state index contributed by atoms with van der Waals surface area (Å²) in [6, 6.07) is 1.92. The van der Waals surface area contributed by atoms with Crippen molar-refractivity contribution in [3.05, 3.63) is 30.4 Å². The van der Waals surface area contributed by atoms with E-state index < -0.39 is 10.2 Å². The molecule has 8 nitrogen and oxygen atoms in total. The molecule has 0 spiro atoms. The van der Waals surface area contributed by atoms with Crippen LogP contribution in [0.2, 0.25) is 0 Å². The van der Waals surface area contributed by atoms with E-state index in [1.165, 1.54) is 8.61 Å². The molecule has 0 radical (unpaired) electrons. The van der Waals surface area contributed by atoms with E-state index in [-0.39, 0.29) is 5.92 Å². The molecule has 0 saturated carbocycles. The smallest absolute Gasteiger partial charge is 0.264 e. The van der Waals surface area contributed by atoms with E-state index in [9.17, 15) is 8.42 Å². The molecule has 0 amide bonds. The summed E-state index contributed by atoms with van der Waals surface area (Å²) in [5.41, 5.74) is 2.55. The predicted octanol–water partition coefficient (Wildman–Crippen LogP) is 1.35. The molecule has 1 saturated heterocycles. The van der Waals surface area contributed by atoms with Crippen LogP contribution in [0.15, 0.2) is 24.7 Å². The van der Waals surface area contributed by atoms with E-state index in [1.54, 1.807) is 32.7 Å². The Morgan fingerprint density at radius 1 is 1.24 bits per heavy atom. The Balaban J connectivity index is 1.95. The standard InChI is InChI=1S/C16H24N6O2S/c1-4-22-14(7-8-19-22)16-15(17-9-10-18-16)13-6-5-11-21(12-13)25(23,24)20(2)3/h7-10,13H,4-6,11-12H2,1-3H3. The van der Waals surface area contributed by atoms with Crippen molar-refractivity contribution >= 4 is 10.2 Å². The molecule has 3 rings (SSSR count). The van der Waals surface area contributed by atoms with Gasteiger partial charge in [-0.05, 0) is 25.8 Å². The molecular formula is C16H24N6O2S. The lowest BCUT2D eigenvalue weighted by atomic mass is 9.93. The van der Waals surface area contributed by atoms with E-state index >= 15 is 0 Å². The zero-order valence-electron chi connectivity index (χ0n) is 14.8. The van der Waals surface area contributed by atoms with Crippen molar-refractivity contribution < 1.29 is 8.42 Å². The van der Waals surface area contributed by atoms with Crippen LogP contribution in [0.5, 0.6) is 0 Å². The van der Waals surface area contributed by atoms with Crippen LogP contribution in [0.3, 0.4) is 0 Å². The van der Waals surface area contributed by atoms with Gasteiger partial charge in [0.05, 0.1) is 11.4 Å². The van der Waals surface area contributed by atoms with E-state index in [0.29, 0.717) is 13.1 Å². The van der Waals surface area contributed by atoms with Crippen molar-refractivity contribution in [2.45, 2.75) is 32.2 Å². The first kappa shape index (κ1) is 18.0. The molecule has 0 N–H and O–H groups in total. The zero-order chi connectivity index (χ0) is 18.0. The molecule has 9 heteroatoms. The van der Waals surface area contributed by atoms with Crippen LogP contribution < -0.4 is 0 Å². The SMILES string of the molecule is CCn1nccc1-c1nccnc1C1CCCN(S(=O)(=O)N(C)C)C1. The van der Waals surface area contributed by atoms with Gasteiger partial charge in [0.15, 0.2) is 0 Å². The van der Waals surface area contributed by atoms with E-state index in [2.05, 4.69) is 15.1 Å². The highest BCUT2D eigenvalue weighted by Gasteiger charge is 2.33. The molecule has 2 aromatic rings.